The van der Waals surface area contributed by atoms with Gasteiger partial charge in [0.1, 0.15) is 0 Å². The summed E-state index contributed by atoms with van der Waals surface area (Å²) in [6.45, 7) is 2.18. The Labute approximate surface area is 133 Å². The van der Waals surface area contributed by atoms with Crippen LogP contribution in [0.25, 0.3) is 0 Å². The number of carbonyl (C=O) groups is 2. The SMILES string of the molecule is O=C(NCc1ccc(C(=O)N2CCCC2)cc1)c1ccsc1. The second-order valence-corrected chi connectivity index (χ2v) is 6.17. The monoisotopic (exact) mass is 314 g/mol. The summed E-state index contributed by atoms with van der Waals surface area (Å²) in [6.07, 6.45) is 2.19. The molecule has 0 radical (unpaired) electrons. The van der Waals surface area contributed by atoms with Crippen LogP contribution in [0.2, 0.25) is 0 Å². The number of likely N-dealkylation sites (tertiary alicyclic amines) is 1. The van der Waals surface area contributed by atoms with E-state index in [1.54, 1.807) is 6.07 Å². The minimum Gasteiger partial charge on any atom is -0.348 e. The summed E-state index contributed by atoms with van der Waals surface area (Å²) in [5, 5.41) is 6.59. The first-order chi connectivity index (χ1) is 10.7. The third-order valence-electron chi connectivity index (χ3n) is 3.83. The van der Waals surface area contributed by atoms with Gasteiger partial charge in [-0.15, -0.1) is 0 Å². The fraction of sp³-hybridized carbons (Fsp3) is 0.294. The van der Waals surface area contributed by atoms with E-state index in [-0.39, 0.29) is 11.8 Å². The van der Waals surface area contributed by atoms with Crippen LogP contribution in [0.5, 0.6) is 0 Å². The van der Waals surface area contributed by atoms with Gasteiger partial charge in [0.2, 0.25) is 0 Å². The van der Waals surface area contributed by atoms with E-state index in [9.17, 15) is 9.59 Å². The highest BCUT2D eigenvalue weighted by molar-refractivity contribution is 7.08. The van der Waals surface area contributed by atoms with Gasteiger partial charge in [-0.2, -0.15) is 11.3 Å². The number of carbonyl (C=O) groups excluding carboxylic acids is 2. The van der Waals surface area contributed by atoms with Crippen molar-refractivity contribution >= 4 is 23.2 Å². The van der Waals surface area contributed by atoms with Crippen molar-refractivity contribution < 1.29 is 9.59 Å². The molecule has 2 amide bonds. The molecule has 1 saturated heterocycles. The van der Waals surface area contributed by atoms with Crippen LogP contribution in [0.15, 0.2) is 41.1 Å². The normalized spacial score (nSPS) is 14.1. The maximum atomic E-state index is 12.2. The van der Waals surface area contributed by atoms with Crippen LogP contribution in [0.1, 0.15) is 39.1 Å². The molecule has 4 nitrogen and oxygen atoms in total. The van der Waals surface area contributed by atoms with E-state index in [2.05, 4.69) is 5.32 Å². The number of amides is 2. The molecule has 0 bridgehead atoms. The first-order valence-corrected chi connectivity index (χ1v) is 8.37. The van der Waals surface area contributed by atoms with Crippen molar-refractivity contribution in [1.29, 1.82) is 0 Å². The summed E-state index contributed by atoms with van der Waals surface area (Å²) in [5.41, 5.74) is 2.39. The Morgan fingerprint density at radius 1 is 1.05 bits per heavy atom. The minimum absolute atomic E-state index is 0.0709. The summed E-state index contributed by atoms with van der Waals surface area (Å²) in [5.74, 6) is 0.0322. The molecule has 22 heavy (non-hydrogen) atoms. The molecule has 0 saturated carbocycles. The summed E-state index contributed by atoms with van der Waals surface area (Å²) < 4.78 is 0. The van der Waals surface area contributed by atoms with Crippen molar-refractivity contribution in [2.45, 2.75) is 19.4 Å². The summed E-state index contributed by atoms with van der Waals surface area (Å²) in [6, 6.07) is 9.28. The van der Waals surface area contributed by atoms with E-state index in [0.717, 1.165) is 37.1 Å². The van der Waals surface area contributed by atoms with Crippen molar-refractivity contribution in [2.24, 2.45) is 0 Å². The minimum atomic E-state index is -0.0709. The quantitative estimate of drug-likeness (QED) is 0.943. The molecular weight excluding hydrogens is 296 g/mol. The van der Waals surface area contributed by atoms with Gasteiger partial charge >= 0.3 is 0 Å². The fourth-order valence-electron chi connectivity index (χ4n) is 2.55. The zero-order valence-corrected chi connectivity index (χ0v) is 13.1. The van der Waals surface area contributed by atoms with Gasteiger partial charge in [-0.05, 0) is 42.0 Å². The van der Waals surface area contributed by atoms with E-state index in [1.807, 2.05) is 39.9 Å². The molecule has 114 valence electrons. The molecule has 5 heteroatoms. The molecule has 1 aliphatic heterocycles. The largest absolute Gasteiger partial charge is 0.348 e. The molecular formula is C17H18N2O2S. The van der Waals surface area contributed by atoms with Crippen molar-refractivity contribution in [3.8, 4) is 0 Å². The number of nitrogens with zero attached hydrogens (tertiary/aromatic N) is 1. The molecule has 1 aromatic heterocycles. The predicted molar refractivity (Wildman–Crippen MR) is 87.1 cm³/mol. The predicted octanol–water partition coefficient (Wildman–Crippen LogP) is 2.91. The molecule has 1 aliphatic rings. The van der Waals surface area contributed by atoms with Gasteiger partial charge in [0.25, 0.3) is 11.8 Å². The van der Waals surface area contributed by atoms with Crippen LogP contribution in [-0.2, 0) is 6.54 Å². The lowest BCUT2D eigenvalue weighted by Crippen LogP contribution is -2.27. The zero-order chi connectivity index (χ0) is 15.4. The Balaban J connectivity index is 1.57. The van der Waals surface area contributed by atoms with E-state index in [1.165, 1.54) is 11.3 Å². The Kier molecular flexibility index (Phi) is 4.53. The highest BCUT2D eigenvalue weighted by Gasteiger charge is 2.19. The van der Waals surface area contributed by atoms with Gasteiger partial charge in [-0.1, -0.05) is 12.1 Å². The second-order valence-electron chi connectivity index (χ2n) is 5.39. The lowest BCUT2D eigenvalue weighted by Gasteiger charge is -2.15. The Morgan fingerprint density at radius 2 is 1.77 bits per heavy atom. The first kappa shape index (κ1) is 14.8. The molecule has 3 rings (SSSR count). The molecule has 0 unspecified atom stereocenters. The number of hydrogen-bond acceptors (Lipinski definition) is 3. The van der Waals surface area contributed by atoms with Crippen LogP contribution in [0, 0.1) is 0 Å². The third-order valence-corrected chi connectivity index (χ3v) is 4.51. The van der Waals surface area contributed by atoms with Crippen molar-refractivity contribution in [3.05, 3.63) is 57.8 Å². The number of benzene rings is 1. The van der Waals surface area contributed by atoms with Gasteiger partial charge in [0, 0.05) is 36.1 Å². The lowest BCUT2D eigenvalue weighted by molar-refractivity contribution is 0.0792. The molecule has 1 N–H and O–H groups in total. The van der Waals surface area contributed by atoms with Gasteiger partial charge in [0.05, 0.1) is 0 Å². The smallest absolute Gasteiger partial charge is 0.253 e. The zero-order valence-electron chi connectivity index (χ0n) is 12.2. The van der Waals surface area contributed by atoms with Gasteiger partial charge < -0.3 is 10.2 Å². The molecule has 0 spiro atoms. The van der Waals surface area contributed by atoms with Crippen LogP contribution in [0.4, 0.5) is 0 Å². The topological polar surface area (TPSA) is 49.4 Å². The average Bonchev–Trinajstić information content (AvgIpc) is 3.25. The molecule has 1 aromatic carbocycles. The standard InChI is InChI=1S/C17H18N2O2S/c20-16(15-7-10-22-12-15)18-11-13-3-5-14(6-4-13)17(21)19-8-1-2-9-19/h3-7,10,12H,1-2,8-9,11H2,(H,18,20). The van der Waals surface area contributed by atoms with Crippen LogP contribution in [-0.4, -0.2) is 29.8 Å². The molecule has 2 heterocycles. The third kappa shape index (κ3) is 3.36. The summed E-state index contributed by atoms with van der Waals surface area (Å²) in [4.78, 5) is 26.0. The number of thiophene rings is 1. The van der Waals surface area contributed by atoms with Crippen molar-refractivity contribution in [2.75, 3.05) is 13.1 Å². The van der Waals surface area contributed by atoms with Gasteiger partial charge in [-0.3, -0.25) is 9.59 Å². The van der Waals surface area contributed by atoms with E-state index >= 15 is 0 Å². The van der Waals surface area contributed by atoms with E-state index in [4.69, 9.17) is 0 Å². The Morgan fingerprint density at radius 3 is 2.41 bits per heavy atom. The molecule has 2 aromatic rings. The van der Waals surface area contributed by atoms with Crippen LogP contribution >= 0.6 is 11.3 Å². The highest BCUT2D eigenvalue weighted by atomic mass is 32.1. The highest BCUT2D eigenvalue weighted by Crippen LogP contribution is 2.14. The Bertz CT molecular complexity index is 644. The maximum Gasteiger partial charge on any atom is 0.253 e. The summed E-state index contributed by atoms with van der Waals surface area (Å²) in [7, 11) is 0. The maximum absolute atomic E-state index is 12.2. The van der Waals surface area contributed by atoms with Gasteiger partial charge in [0.15, 0.2) is 0 Å². The van der Waals surface area contributed by atoms with Crippen LogP contribution in [0.3, 0.4) is 0 Å². The van der Waals surface area contributed by atoms with E-state index < -0.39 is 0 Å². The van der Waals surface area contributed by atoms with Crippen molar-refractivity contribution in [1.82, 2.24) is 10.2 Å². The molecule has 0 aliphatic carbocycles. The summed E-state index contributed by atoms with van der Waals surface area (Å²) >= 11 is 1.50. The number of nitrogens with one attached hydrogen (secondary N) is 1. The number of rotatable bonds is 4. The molecule has 1 fully saturated rings. The van der Waals surface area contributed by atoms with Crippen LogP contribution < -0.4 is 5.32 Å². The number of hydrogen-bond donors (Lipinski definition) is 1. The average molecular weight is 314 g/mol. The fourth-order valence-corrected chi connectivity index (χ4v) is 3.18. The Hall–Kier alpha value is -2.14. The lowest BCUT2D eigenvalue weighted by atomic mass is 10.1. The van der Waals surface area contributed by atoms with E-state index in [0.29, 0.717) is 12.1 Å². The van der Waals surface area contributed by atoms with Gasteiger partial charge in [-0.25, -0.2) is 0 Å². The van der Waals surface area contributed by atoms with Crippen molar-refractivity contribution in [3.63, 3.8) is 0 Å². The second kappa shape index (κ2) is 6.75. The molecule has 0 atom stereocenters. The first-order valence-electron chi connectivity index (χ1n) is 7.42.